The predicted molar refractivity (Wildman–Crippen MR) is 89.7 cm³/mol. The Hall–Kier alpha value is -2.40. The largest absolute Gasteiger partial charge is 0.481 e. The maximum absolute atomic E-state index is 9.00. The van der Waals surface area contributed by atoms with Crippen LogP contribution in [0.1, 0.15) is 13.3 Å². The van der Waals surface area contributed by atoms with E-state index in [1.165, 1.54) is 11.4 Å². The molecular formula is C17H21N3O2. The molecule has 3 rings (SSSR count). The first kappa shape index (κ1) is 16.0. The summed E-state index contributed by atoms with van der Waals surface area (Å²) >= 11 is 0. The summed E-state index contributed by atoms with van der Waals surface area (Å²) in [6, 6.07) is 8.32. The van der Waals surface area contributed by atoms with Gasteiger partial charge in [0.1, 0.15) is 0 Å². The average Bonchev–Trinajstić information content (AvgIpc) is 2.46. The van der Waals surface area contributed by atoms with Gasteiger partial charge in [0, 0.05) is 6.92 Å². The lowest BCUT2D eigenvalue weighted by Gasteiger charge is -2.35. The van der Waals surface area contributed by atoms with Crippen LogP contribution < -0.4 is 4.90 Å². The Morgan fingerprint density at radius 2 is 2.05 bits per heavy atom. The summed E-state index contributed by atoms with van der Waals surface area (Å²) < 4.78 is 0. The SMILES string of the molecule is CC(=O)O.CN(C)CN1C2=CCC=CC2=Nc2ccccc21. The molecule has 1 aromatic rings. The standard InChI is InChI=1S/C15H17N3.C2H4O2/c1-17(2)11-18-14-9-5-3-7-12(14)16-13-8-4-6-10-15(13)18;1-2(3)4/h3-5,7-10H,6,11H2,1-2H3;1H3,(H,3,4). The van der Waals surface area contributed by atoms with Gasteiger partial charge in [-0.2, -0.15) is 0 Å². The van der Waals surface area contributed by atoms with Crippen molar-refractivity contribution in [1.82, 2.24) is 4.90 Å². The molecule has 0 saturated carbocycles. The zero-order valence-corrected chi connectivity index (χ0v) is 13.2. The topological polar surface area (TPSA) is 56.1 Å². The van der Waals surface area contributed by atoms with Crippen molar-refractivity contribution in [2.24, 2.45) is 4.99 Å². The highest BCUT2D eigenvalue weighted by Crippen LogP contribution is 2.37. The maximum atomic E-state index is 9.00. The van der Waals surface area contributed by atoms with Gasteiger partial charge < -0.3 is 10.0 Å². The summed E-state index contributed by atoms with van der Waals surface area (Å²) in [5, 5.41) is 7.42. The summed E-state index contributed by atoms with van der Waals surface area (Å²) in [5.41, 5.74) is 4.54. The number of fused-ring (bicyclic) bond motifs is 2. The molecule has 1 heterocycles. The molecule has 5 nitrogen and oxygen atoms in total. The van der Waals surface area contributed by atoms with Crippen LogP contribution in [-0.2, 0) is 4.79 Å². The van der Waals surface area contributed by atoms with Gasteiger partial charge >= 0.3 is 0 Å². The van der Waals surface area contributed by atoms with Crippen molar-refractivity contribution >= 4 is 23.1 Å². The van der Waals surface area contributed by atoms with Crippen LogP contribution in [0.25, 0.3) is 0 Å². The van der Waals surface area contributed by atoms with Gasteiger partial charge in [-0.15, -0.1) is 0 Å². The van der Waals surface area contributed by atoms with E-state index in [1.54, 1.807) is 0 Å². The number of anilines is 1. The summed E-state index contributed by atoms with van der Waals surface area (Å²) in [4.78, 5) is 18.2. The van der Waals surface area contributed by atoms with Crippen molar-refractivity contribution in [3.05, 3.63) is 48.2 Å². The molecule has 2 aliphatic rings. The van der Waals surface area contributed by atoms with E-state index in [1.807, 2.05) is 6.07 Å². The summed E-state index contributed by atoms with van der Waals surface area (Å²) in [5.74, 6) is -0.833. The molecule has 0 saturated heterocycles. The molecule has 0 bridgehead atoms. The van der Waals surface area contributed by atoms with Crippen molar-refractivity contribution in [2.75, 3.05) is 25.7 Å². The number of para-hydroxylation sites is 2. The third-order valence-corrected chi connectivity index (χ3v) is 3.11. The average molecular weight is 299 g/mol. The highest BCUT2D eigenvalue weighted by Gasteiger charge is 2.24. The van der Waals surface area contributed by atoms with Crippen LogP contribution in [0, 0.1) is 0 Å². The Balaban J connectivity index is 0.000000396. The molecular weight excluding hydrogens is 278 g/mol. The van der Waals surface area contributed by atoms with Crippen molar-refractivity contribution in [2.45, 2.75) is 13.3 Å². The number of rotatable bonds is 2. The molecule has 0 unspecified atom stereocenters. The monoisotopic (exact) mass is 299 g/mol. The molecule has 1 aliphatic carbocycles. The van der Waals surface area contributed by atoms with Crippen molar-refractivity contribution in [1.29, 1.82) is 0 Å². The van der Waals surface area contributed by atoms with E-state index in [2.05, 4.69) is 60.3 Å². The van der Waals surface area contributed by atoms with E-state index in [4.69, 9.17) is 14.9 Å². The van der Waals surface area contributed by atoms with Gasteiger partial charge in [-0.25, -0.2) is 4.99 Å². The third kappa shape index (κ3) is 3.83. The maximum Gasteiger partial charge on any atom is 0.300 e. The number of aliphatic imine (C=N–C) groups is 1. The number of benzene rings is 1. The van der Waals surface area contributed by atoms with Crippen LogP contribution in [0.15, 0.2) is 53.2 Å². The number of hydrogen-bond donors (Lipinski definition) is 1. The summed E-state index contributed by atoms with van der Waals surface area (Å²) in [7, 11) is 4.18. The van der Waals surface area contributed by atoms with E-state index in [0.717, 1.165) is 31.4 Å². The second-order valence-electron chi connectivity index (χ2n) is 5.38. The van der Waals surface area contributed by atoms with Gasteiger partial charge in [-0.05, 0) is 38.7 Å². The molecule has 5 heteroatoms. The fourth-order valence-corrected chi connectivity index (χ4v) is 2.37. The van der Waals surface area contributed by atoms with E-state index in [-0.39, 0.29) is 0 Å². The van der Waals surface area contributed by atoms with Crippen molar-refractivity contribution < 1.29 is 9.90 Å². The van der Waals surface area contributed by atoms with Gasteiger partial charge in [0.15, 0.2) is 0 Å². The molecule has 1 aliphatic heterocycles. The first-order valence-corrected chi connectivity index (χ1v) is 7.15. The second kappa shape index (κ2) is 7.04. The zero-order valence-electron chi connectivity index (χ0n) is 13.2. The first-order valence-electron chi connectivity index (χ1n) is 7.15. The number of nitrogens with zero attached hydrogens (tertiary/aromatic N) is 3. The van der Waals surface area contributed by atoms with Crippen LogP contribution in [0.3, 0.4) is 0 Å². The fraction of sp³-hybridized carbons (Fsp3) is 0.294. The van der Waals surface area contributed by atoms with E-state index in [0.29, 0.717) is 0 Å². The van der Waals surface area contributed by atoms with Gasteiger partial charge in [0.25, 0.3) is 5.97 Å². The number of carboxylic acids is 1. The smallest absolute Gasteiger partial charge is 0.300 e. The minimum atomic E-state index is -0.833. The molecule has 0 fully saturated rings. The Morgan fingerprint density at radius 1 is 1.36 bits per heavy atom. The molecule has 0 atom stereocenters. The molecule has 22 heavy (non-hydrogen) atoms. The van der Waals surface area contributed by atoms with Gasteiger partial charge in [0.05, 0.1) is 29.5 Å². The van der Waals surface area contributed by atoms with E-state index < -0.39 is 5.97 Å². The highest BCUT2D eigenvalue weighted by molar-refractivity contribution is 6.15. The van der Waals surface area contributed by atoms with E-state index >= 15 is 0 Å². The van der Waals surface area contributed by atoms with Gasteiger partial charge in [-0.1, -0.05) is 24.3 Å². The zero-order chi connectivity index (χ0) is 16.1. The molecule has 1 aromatic carbocycles. The summed E-state index contributed by atoms with van der Waals surface area (Å²) in [6.07, 6.45) is 7.51. The Labute approximate surface area is 130 Å². The normalized spacial score (nSPS) is 15.2. The van der Waals surface area contributed by atoms with Gasteiger partial charge in [-0.3, -0.25) is 9.69 Å². The molecule has 0 radical (unpaired) electrons. The fourth-order valence-electron chi connectivity index (χ4n) is 2.37. The Kier molecular flexibility index (Phi) is 5.12. The van der Waals surface area contributed by atoms with Crippen LogP contribution in [0.2, 0.25) is 0 Å². The van der Waals surface area contributed by atoms with E-state index in [9.17, 15) is 0 Å². The third-order valence-electron chi connectivity index (χ3n) is 3.11. The lowest BCUT2D eigenvalue weighted by Crippen LogP contribution is -2.37. The first-order chi connectivity index (χ1) is 10.5. The van der Waals surface area contributed by atoms with Crippen LogP contribution >= 0.6 is 0 Å². The number of carboxylic acid groups (broad SMARTS) is 1. The molecule has 116 valence electrons. The van der Waals surface area contributed by atoms with Crippen LogP contribution in [-0.4, -0.2) is 42.5 Å². The number of carbonyl (C=O) groups is 1. The lowest BCUT2D eigenvalue weighted by molar-refractivity contribution is -0.134. The molecule has 0 amide bonds. The molecule has 1 N–H and O–H groups in total. The van der Waals surface area contributed by atoms with Crippen molar-refractivity contribution in [3.63, 3.8) is 0 Å². The van der Waals surface area contributed by atoms with Gasteiger partial charge in [0.2, 0.25) is 0 Å². The molecule has 0 aromatic heterocycles. The predicted octanol–water partition coefficient (Wildman–Crippen LogP) is 3.03. The highest BCUT2D eigenvalue weighted by atomic mass is 16.4. The molecule has 0 spiro atoms. The van der Waals surface area contributed by atoms with Crippen LogP contribution in [0.5, 0.6) is 0 Å². The van der Waals surface area contributed by atoms with Crippen LogP contribution in [0.4, 0.5) is 11.4 Å². The number of hydrogen-bond acceptors (Lipinski definition) is 4. The number of allylic oxidation sites excluding steroid dienone is 3. The van der Waals surface area contributed by atoms with Crippen molar-refractivity contribution in [3.8, 4) is 0 Å². The minimum absolute atomic E-state index is 0.833. The lowest BCUT2D eigenvalue weighted by atomic mass is 10.0. The second-order valence-corrected chi connectivity index (χ2v) is 5.38. The summed E-state index contributed by atoms with van der Waals surface area (Å²) in [6.45, 7) is 1.95. The quantitative estimate of drug-likeness (QED) is 0.912. The minimum Gasteiger partial charge on any atom is -0.481 e. The number of aliphatic carboxylic acids is 1. The Bertz CT molecular complexity index is 641. The Morgan fingerprint density at radius 3 is 2.73 bits per heavy atom.